The average Bonchev–Trinajstić information content (AvgIpc) is 2.96. The van der Waals surface area contributed by atoms with Gasteiger partial charge in [-0.25, -0.2) is 4.79 Å². The Morgan fingerprint density at radius 1 is 0.718 bits per heavy atom. The first-order valence-corrected chi connectivity index (χ1v) is 14.4. The number of hydrogen-bond acceptors (Lipinski definition) is 5. The molecule has 0 N–H and O–H groups in total. The van der Waals surface area contributed by atoms with Crippen LogP contribution < -0.4 is 9.47 Å². The van der Waals surface area contributed by atoms with Gasteiger partial charge in [-0.3, -0.25) is 10.1 Å². The second-order valence-corrected chi connectivity index (χ2v) is 9.96. The van der Waals surface area contributed by atoms with Gasteiger partial charge in [0.05, 0.1) is 17.1 Å². The number of esters is 1. The van der Waals surface area contributed by atoms with Crippen molar-refractivity contribution in [2.24, 2.45) is 0 Å². The molecule has 0 aromatic heterocycles. The monoisotopic (exact) mass is 531 g/mol. The van der Waals surface area contributed by atoms with E-state index in [9.17, 15) is 14.9 Å². The SMILES string of the molecule is CCCCCCCCCCCCCCOc1ccc(-c2ccc(C(=O)Oc3ccccc3)cc2)cc1[N+](=O)[O-]. The van der Waals surface area contributed by atoms with Gasteiger partial charge in [-0.1, -0.05) is 114 Å². The molecule has 0 heterocycles. The molecule has 0 fully saturated rings. The minimum Gasteiger partial charge on any atom is -0.487 e. The normalized spacial score (nSPS) is 10.8. The lowest BCUT2D eigenvalue weighted by Gasteiger charge is -2.09. The summed E-state index contributed by atoms with van der Waals surface area (Å²) in [6.45, 7) is 2.72. The number of carbonyl (C=O) groups excluding carboxylic acids is 1. The molecule has 0 spiro atoms. The number of nitrogens with zero attached hydrogens (tertiary/aromatic N) is 1. The van der Waals surface area contributed by atoms with Crippen molar-refractivity contribution in [2.75, 3.05) is 6.61 Å². The van der Waals surface area contributed by atoms with Crippen molar-refractivity contribution in [3.05, 3.63) is 88.5 Å². The van der Waals surface area contributed by atoms with Crippen LogP contribution in [0.25, 0.3) is 11.1 Å². The first-order chi connectivity index (χ1) is 19.1. The van der Waals surface area contributed by atoms with E-state index in [2.05, 4.69) is 6.92 Å². The molecule has 3 aromatic rings. The summed E-state index contributed by atoms with van der Waals surface area (Å²) >= 11 is 0. The lowest BCUT2D eigenvalue weighted by atomic mass is 10.0. The highest BCUT2D eigenvalue weighted by Crippen LogP contribution is 2.33. The van der Waals surface area contributed by atoms with Crippen molar-refractivity contribution in [2.45, 2.75) is 84.0 Å². The van der Waals surface area contributed by atoms with Crippen molar-refractivity contribution in [3.8, 4) is 22.6 Å². The number of ether oxygens (including phenoxy) is 2. The lowest BCUT2D eigenvalue weighted by molar-refractivity contribution is -0.385. The summed E-state index contributed by atoms with van der Waals surface area (Å²) in [4.78, 5) is 23.7. The van der Waals surface area contributed by atoms with Crippen molar-refractivity contribution in [1.29, 1.82) is 0 Å². The molecule has 0 bridgehead atoms. The van der Waals surface area contributed by atoms with E-state index in [4.69, 9.17) is 9.47 Å². The van der Waals surface area contributed by atoms with E-state index in [1.165, 1.54) is 70.3 Å². The zero-order valence-electron chi connectivity index (χ0n) is 23.1. The maximum atomic E-state index is 12.4. The van der Waals surface area contributed by atoms with Crippen LogP contribution in [0.4, 0.5) is 5.69 Å². The highest BCUT2D eigenvalue weighted by atomic mass is 16.6. The summed E-state index contributed by atoms with van der Waals surface area (Å²) < 4.78 is 11.2. The molecule has 0 saturated carbocycles. The van der Waals surface area contributed by atoms with E-state index < -0.39 is 10.9 Å². The van der Waals surface area contributed by atoms with Crippen molar-refractivity contribution in [1.82, 2.24) is 0 Å². The zero-order valence-corrected chi connectivity index (χ0v) is 23.1. The minimum atomic E-state index is -0.458. The maximum absolute atomic E-state index is 12.4. The van der Waals surface area contributed by atoms with E-state index in [0.29, 0.717) is 23.5 Å². The number of rotatable bonds is 18. The molecule has 0 aliphatic heterocycles. The summed E-state index contributed by atoms with van der Waals surface area (Å²) in [6.07, 6.45) is 15.1. The number of para-hydroxylation sites is 1. The number of hydrogen-bond donors (Lipinski definition) is 0. The van der Waals surface area contributed by atoms with Crippen LogP contribution in [-0.4, -0.2) is 17.5 Å². The Kier molecular flexibility index (Phi) is 13.0. The van der Waals surface area contributed by atoms with Gasteiger partial charge in [-0.2, -0.15) is 0 Å². The Bertz CT molecular complexity index is 1140. The van der Waals surface area contributed by atoms with Crippen LogP contribution in [0.2, 0.25) is 0 Å². The van der Waals surface area contributed by atoms with Crippen LogP contribution in [0.1, 0.15) is 94.3 Å². The maximum Gasteiger partial charge on any atom is 0.343 e. The first kappa shape index (κ1) is 29.9. The standard InChI is InChI=1S/C33H41NO5/c1-2-3-4-5-6-7-8-9-10-11-12-16-25-38-32-24-23-29(26-31(32)34(36)37)27-19-21-28(22-20-27)33(35)39-30-17-14-13-15-18-30/h13-15,17-24,26H,2-12,16,25H2,1H3. The first-order valence-electron chi connectivity index (χ1n) is 14.4. The molecular formula is C33H41NO5. The third kappa shape index (κ3) is 10.5. The Balaban J connectivity index is 1.42. The van der Waals surface area contributed by atoms with Gasteiger partial charge < -0.3 is 9.47 Å². The fraction of sp³-hybridized carbons (Fsp3) is 0.424. The van der Waals surface area contributed by atoms with Crippen LogP contribution in [0.3, 0.4) is 0 Å². The van der Waals surface area contributed by atoms with Gasteiger partial charge in [0, 0.05) is 6.07 Å². The average molecular weight is 532 g/mol. The summed E-state index contributed by atoms with van der Waals surface area (Å²) in [7, 11) is 0. The van der Waals surface area contributed by atoms with Gasteiger partial charge in [0.2, 0.25) is 0 Å². The Morgan fingerprint density at radius 2 is 1.28 bits per heavy atom. The molecule has 0 unspecified atom stereocenters. The van der Waals surface area contributed by atoms with Crippen LogP contribution in [0, 0.1) is 10.1 Å². The molecular weight excluding hydrogens is 490 g/mol. The minimum absolute atomic E-state index is 0.0565. The van der Waals surface area contributed by atoms with Gasteiger partial charge in [0.25, 0.3) is 0 Å². The van der Waals surface area contributed by atoms with E-state index >= 15 is 0 Å². The molecule has 0 saturated heterocycles. The third-order valence-electron chi connectivity index (χ3n) is 6.82. The molecule has 0 radical (unpaired) electrons. The van der Waals surface area contributed by atoms with Crippen molar-refractivity contribution in [3.63, 3.8) is 0 Å². The number of benzene rings is 3. The van der Waals surface area contributed by atoms with E-state index in [-0.39, 0.29) is 11.4 Å². The molecule has 6 nitrogen and oxygen atoms in total. The van der Waals surface area contributed by atoms with E-state index in [1.807, 2.05) is 12.1 Å². The largest absolute Gasteiger partial charge is 0.487 e. The summed E-state index contributed by atoms with van der Waals surface area (Å²) in [5.41, 5.74) is 1.79. The Labute approximate surface area is 232 Å². The van der Waals surface area contributed by atoms with Crippen molar-refractivity contribution >= 4 is 11.7 Å². The zero-order chi connectivity index (χ0) is 27.7. The summed E-state index contributed by atoms with van der Waals surface area (Å²) in [5.74, 6) is 0.302. The topological polar surface area (TPSA) is 78.7 Å². The molecule has 39 heavy (non-hydrogen) atoms. The summed E-state index contributed by atoms with van der Waals surface area (Å²) in [5, 5.41) is 11.7. The van der Waals surface area contributed by atoms with E-state index in [0.717, 1.165) is 18.4 Å². The lowest BCUT2D eigenvalue weighted by Crippen LogP contribution is -2.08. The van der Waals surface area contributed by atoms with Gasteiger partial charge in [-0.05, 0) is 47.9 Å². The molecule has 6 heteroatoms. The van der Waals surface area contributed by atoms with Crippen molar-refractivity contribution < 1.29 is 19.2 Å². The predicted octanol–water partition coefficient (Wildman–Crippen LogP) is 9.56. The third-order valence-corrected chi connectivity index (χ3v) is 6.82. The molecule has 208 valence electrons. The number of carbonyl (C=O) groups is 1. The quantitative estimate of drug-likeness (QED) is 0.0537. The summed E-state index contributed by atoms with van der Waals surface area (Å²) in [6, 6.07) is 20.7. The second kappa shape index (κ2) is 17.0. The highest BCUT2D eigenvalue weighted by Gasteiger charge is 2.17. The smallest absolute Gasteiger partial charge is 0.343 e. The molecule has 0 atom stereocenters. The molecule has 0 amide bonds. The molecule has 3 rings (SSSR count). The van der Waals surface area contributed by atoms with Crippen LogP contribution in [0.15, 0.2) is 72.8 Å². The Hall–Kier alpha value is -3.67. The van der Waals surface area contributed by atoms with Crippen LogP contribution in [0.5, 0.6) is 11.5 Å². The molecule has 3 aromatic carbocycles. The second-order valence-electron chi connectivity index (χ2n) is 9.96. The molecule has 0 aliphatic rings. The fourth-order valence-corrected chi connectivity index (χ4v) is 4.54. The van der Waals surface area contributed by atoms with Gasteiger partial charge in [0.1, 0.15) is 5.75 Å². The fourth-order valence-electron chi connectivity index (χ4n) is 4.54. The van der Waals surface area contributed by atoms with Crippen LogP contribution in [-0.2, 0) is 0 Å². The van der Waals surface area contributed by atoms with Gasteiger partial charge >= 0.3 is 11.7 Å². The molecule has 0 aliphatic carbocycles. The predicted molar refractivity (Wildman–Crippen MR) is 157 cm³/mol. The number of nitro benzene ring substituents is 1. The number of nitro groups is 1. The number of unbranched alkanes of at least 4 members (excludes halogenated alkanes) is 11. The highest BCUT2D eigenvalue weighted by molar-refractivity contribution is 5.91. The van der Waals surface area contributed by atoms with E-state index in [1.54, 1.807) is 54.6 Å². The Morgan fingerprint density at radius 3 is 1.87 bits per heavy atom. The van der Waals surface area contributed by atoms with Crippen LogP contribution >= 0.6 is 0 Å². The van der Waals surface area contributed by atoms with Gasteiger partial charge in [0.15, 0.2) is 5.75 Å². The van der Waals surface area contributed by atoms with Gasteiger partial charge in [-0.15, -0.1) is 0 Å².